The summed E-state index contributed by atoms with van der Waals surface area (Å²) in [6.45, 7) is 4.38. The zero-order valence-corrected chi connectivity index (χ0v) is 18.7. The molecule has 1 aliphatic rings. The molecule has 1 unspecified atom stereocenters. The summed E-state index contributed by atoms with van der Waals surface area (Å²) in [5, 5.41) is 3.41. The molecular formula is C22H25N3O3S2. The summed E-state index contributed by atoms with van der Waals surface area (Å²) >= 11 is 1.43. The van der Waals surface area contributed by atoms with Gasteiger partial charge in [0.2, 0.25) is 15.9 Å². The minimum Gasteiger partial charge on any atom is -0.302 e. The maximum Gasteiger partial charge on any atom is 0.243 e. The number of thiazole rings is 1. The van der Waals surface area contributed by atoms with Crippen LogP contribution in [0.2, 0.25) is 0 Å². The molecule has 4 rings (SSSR count). The van der Waals surface area contributed by atoms with E-state index in [1.807, 2.05) is 32.0 Å². The van der Waals surface area contributed by atoms with E-state index < -0.39 is 10.0 Å². The van der Waals surface area contributed by atoms with Gasteiger partial charge in [0.1, 0.15) is 0 Å². The number of aromatic nitrogens is 1. The molecule has 1 amide bonds. The molecule has 158 valence electrons. The second-order valence-electron chi connectivity index (χ2n) is 7.82. The number of hydrogen-bond donors (Lipinski definition) is 1. The molecule has 0 saturated carbocycles. The third-order valence-corrected chi connectivity index (χ3v) is 8.31. The van der Waals surface area contributed by atoms with Crippen LogP contribution in [0.5, 0.6) is 0 Å². The van der Waals surface area contributed by atoms with Crippen molar-refractivity contribution in [3.8, 4) is 0 Å². The van der Waals surface area contributed by atoms with Crippen LogP contribution in [0.1, 0.15) is 36.8 Å². The van der Waals surface area contributed by atoms with Crippen molar-refractivity contribution < 1.29 is 13.2 Å². The smallest absolute Gasteiger partial charge is 0.243 e. The maximum absolute atomic E-state index is 13.2. The molecule has 0 bridgehead atoms. The van der Waals surface area contributed by atoms with E-state index in [0.717, 1.165) is 34.2 Å². The number of carbonyl (C=O) groups excluding carboxylic acids is 1. The summed E-state index contributed by atoms with van der Waals surface area (Å²) in [4.78, 5) is 17.5. The van der Waals surface area contributed by atoms with E-state index in [1.54, 1.807) is 24.3 Å². The topological polar surface area (TPSA) is 79.4 Å². The van der Waals surface area contributed by atoms with Crippen LogP contribution in [0.4, 0.5) is 5.13 Å². The van der Waals surface area contributed by atoms with Crippen LogP contribution in [0, 0.1) is 13.8 Å². The molecule has 2 aromatic carbocycles. The van der Waals surface area contributed by atoms with Crippen LogP contribution in [-0.4, -0.2) is 36.2 Å². The summed E-state index contributed by atoms with van der Waals surface area (Å²) in [6.07, 6.45) is 2.52. The average molecular weight is 444 g/mol. The quantitative estimate of drug-likeness (QED) is 0.630. The lowest BCUT2D eigenvalue weighted by Crippen LogP contribution is -2.45. The van der Waals surface area contributed by atoms with Crippen molar-refractivity contribution in [2.24, 2.45) is 0 Å². The number of carbonyl (C=O) groups is 1. The highest BCUT2D eigenvalue weighted by Gasteiger charge is 2.34. The highest BCUT2D eigenvalue weighted by Crippen LogP contribution is 2.29. The number of benzene rings is 2. The minimum absolute atomic E-state index is 0.125. The van der Waals surface area contributed by atoms with Crippen LogP contribution < -0.4 is 5.32 Å². The first-order valence-corrected chi connectivity index (χ1v) is 12.3. The fourth-order valence-corrected chi connectivity index (χ4v) is 6.48. The van der Waals surface area contributed by atoms with E-state index in [4.69, 9.17) is 0 Å². The van der Waals surface area contributed by atoms with Gasteiger partial charge in [-0.1, -0.05) is 41.5 Å². The first-order chi connectivity index (χ1) is 14.3. The Morgan fingerprint density at radius 1 is 1.13 bits per heavy atom. The van der Waals surface area contributed by atoms with Gasteiger partial charge in [-0.15, -0.1) is 0 Å². The maximum atomic E-state index is 13.2. The Morgan fingerprint density at radius 2 is 1.87 bits per heavy atom. The number of anilines is 1. The molecule has 0 radical (unpaired) electrons. The molecule has 1 saturated heterocycles. The van der Waals surface area contributed by atoms with Crippen LogP contribution in [-0.2, 0) is 14.8 Å². The number of amides is 1. The minimum atomic E-state index is -3.63. The third-order valence-electron chi connectivity index (χ3n) is 5.41. The average Bonchev–Trinajstić information content (AvgIpc) is 3.09. The normalized spacial score (nSPS) is 17.9. The van der Waals surface area contributed by atoms with Crippen molar-refractivity contribution >= 4 is 42.6 Å². The van der Waals surface area contributed by atoms with Crippen LogP contribution in [0.3, 0.4) is 0 Å². The highest BCUT2D eigenvalue weighted by atomic mass is 32.2. The molecule has 6 nitrogen and oxygen atoms in total. The number of fused-ring (bicyclic) bond motifs is 1. The zero-order chi connectivity index (χ0) is 21.3. The number of hydrogen-bond acceptors (Lipinski definition) is 5. The van der Waals surface area contributed by atoms with Gasteiger partial charge in [0.05, 0.1) is 15.1 Å². The Morgan fingerprint density at radius 3 is 2.63 bits per heavy atom. The molecule has 0 spiro atoms. The Kier molecular flexibility index (Phi) is 5.90. The molecule has 8 heteroatoms. The number of aryl methyl sites for hydroxylation is 2. The van der Waals surface area contributed by atoms with Gasteiger partial charge in [0.15, 0.2) is 5.13 Å². The lowest BCUT2D eigenvalue weighted by molar-refractivity contribution is -0.117. The number of rotatable bonds is 5. The summed E-state index contributed by atoms with van der Waals surface area (Å²) in [5.41, 5.74) is 3.00. The lowest BCUT2D eigenvalue weighted by Gasteiger charge is -2.34. The predicted octanol–water partition coefficient (Wildman–Crippen LogP) is 4.49. The van der Waals surface area contributed by atoms with Gasteiger partial charge in [-0.2, -0.15) is 4.31 Å². The second-order valence-corrected chi connectivity index (χ2v) is 10.7. The van der Waals surface area contributed by atoms with Crippen molar-refractivity contribution in [1.29, 1.82) is 0 Å². The van der Waals surface area contributed by atoms with E-state index >= 15 is 0 Å². The fourth-order valence-electron chi connectivity index (χ4n) is 3.81. The zero-order valence-electron chi connectivity index (χ0n) is 17.1. The SMILES string of the molecule is Cc1ccc(S(=O)(=O)N2CCCCC2CC(=O)Nc2nc3ccc(C)cc3s2)cc1. The lowest BCUT2D eigenvalue weighted by atomic mass is 10.0. The molecule has 30 heavy (non-hydrogen) atoms. The Hall–Kier alpha value is -2.29. The van der Waals surface area contributed by atoms with E-state index in [1.165, 1.54) is 15.6 Å². The van der Waals surface area contributed by atoms with Gasteiger partial charge in [-0.3, -0.25) is 4.79 Å². The van der Waals surface area contributed by atoms with Crippen molar-refractivity contribution in [2.75, 3.05) is 11.9 Å². The van der Waals surface area contributed by atoms with Crippen LogP contribution in [0.15, 0.2) is 47.4 Å². The monoisotopic (exact) mass is 443 g/mol. The van der Waals surface area contributed by atoms with E-state index in [0.29, 0.717) is 18.1 Å². The van der Waals surface area contributed by atoms with Crippen molar-refractivity contribution in [3.63, 3.8) is 0 Å². The van der Waals surface area contributed by atoms with Gasteiger partial charge in [0.25, 0.3) is 0 Å². The summed E-state index contributed by atoms with van der Waals surface area (Å²) in [7, 11) is -3.63. The molecule has 2 heterocycles. The number of piperidine rings is 1. The van der Waals surface area contributed by atoms with Gasteiger partial charge in [-0.05, 0) is 56.5 Å². The first kappa shape index (κ1) is 21.0. The van der Waals surface area contributed by atoms with Crippen LogP contribution in [0.25, 0.3) is 10.2 Å². The predicted molar refractivity (Wildman–Crippen MR) is 120 cm³/mol. The van der Waals surface area contributed by atoms with E-state index in [-0.39, 0.29) is 23.3 Å². The van der Waals surface area contributed by atoms with Crippen molar-refractivity contribution in [1.82, 2.24) is 9.29 Å². The fraction of sp³-hybridized carbons (Fsp3) is 0.364. The number of sulfonamides is 1. The molecule has 1 N–H and O–H groups in total. The van der Waals surface area contributed by atoms with Gasteiger partial charge in [0, 0.05) is 19.0 Å². The second kappa shape index (κ2) is 8.45. The van der Waals surface area contributed by atoms with Gasteiger partial charge >= 0.3 is 0 Å². The molecule has 1 fully saturated rings. The number of nitrogens with zero attached hydrogens (tertiary/aromatic N) is 2. The van der Waals surface area contributed by atoms with Crippen LogP contribution >= 0.6 is 11.3 Å². The largest absolute Gasteiger partial charge is 0.302 e. The first-order valence-electron chi connectivity index (χ1n) is 10.1. The van der Waals surface area contributed by atoms with Crippen molar-refractivity contribution in [3.05, 3.63) is 53.6 Å². The Labute approximate surface area is 181 Å². The summed E-state index contributed by atoms with van der Waals surface area (Å²) in [5.74, 6) is -0.207. The van der Waals surface area contributed by atoms with E-state index in [9.17, 15) is 13.2 Å². The molecular weight excluding hydrogens is 418 g/mol. The highest BCUT2D eigenvalue weighted by molar-refractivity contribution is 7.89. The summed E-state index contributed by atoms with van der Waals surface area (Å²) in [6, 6.07) is 12.5. The molecule has 0 aliphatic carbocycles. The number of nitrogens with one attached hydrogen (secondary N) is 1. The van der Waals surface area contributed by atoms with Crippen molar-refractivity contribution in [2.45, 2.75) is 50.5 Å². The molecule has 3 aromatic rings. The third kappa shape index (κ3) is 4.40. The standard InChI is InChI=1S/C22H25N3O3S2/c1-15-6-9-18(10-7-15)30(27,28)25-12-4-3-5-17(25)14-21(26)24-22-23-19-11-8-16(2)13-20(19)29-22/h6-11,13,17H,3-5,12,14H2,1-2H3,(H,23,24,26). The Bertz CT molecular complexity index is 1170. The van der Waals surface area contributed by atoms with Gasteiger partial charge < -0.3 is 5.32 Å². The molecule has 1 aromatic heterocycles. The molecule has 1 aliphatic heterocycles. The van der Waals surface area contributed by atoms with Gasteiger partial charge in [-0.25, -0.2) is 13.4 Å². The Balaban J connectivity index is 1.49. The molecule has 1 atom stereocenters. The summed E-state index contributed by atoms with van der Waals surface area (Å²) < 4.78 is 28.9. The van der Waals surface area contributed by atoms with E-state index in [2.05, 4.69) is 10.3 Å².